The first kappa shape index (κ1) is 9.37. The number of carboxylic acid groups (broad SMARTS) is 1. The molecule has 0 unspecified atom stereocenters. The van der Waals surface area contributed by atoms with Gasteiger partial charge in [0.25, 0.3) is 0 Å². The molecule has 0 saturated heterocycles. The maximum atomic E-state index is 12.5. The fourth-order valence-electron chi connectivity index (χ4n) is 0.794. The molecule has 0 fully saturated rings. The van der Waals surface area contributed by atoms with Crippen molar-refractivity contribution in [2.45, 2.75) is 25.3 Å². The van der Waals surface area contributed by atoms with E-state index in [1.165, 1.54) is 0 Å². The van der Waals surface area contributed by atoms with Gasteiger partial charge in [-0.25, -0.2) is 0 Å². The molecule has 1 atom stereocenters. The Labute approximate surface area is 71.0 Å². The third-order valence-electron chi connectivity index (χ3n) is 1.46. The van der Waals surface area contributed by atoms with Gasteiger partial charge in [0, 0.05) is 0 Å². The Kier molecular flexibility index (Phi) is 4.58. The van der Waals surface area contributed by atoms with E-state index in [1.54, 1.807) is 0 Å². The van der Waals surface area contributed by atoms with E-state index in [9.17, 15) is 9.28 Å². The van der Waals surface area contributed by atoms with Crippen LogP contribution in [0, 0.1) is 0 Å². The van der Waals surface area contributed by atoms with Crippen molar-refractivity contribution in [1.29, 1.82) is 0 Å². The van der Waals surface area contributed by atoms with Crippen LogP contribution in [0.15, 0.2) is 0 Å². The Morgan fingerprint density at radius 3 is 2.83 bits per heavy atom. The van der Waals surface area contributed by atoms with E-state index in [1.807, 2.05) is 0 Å². The molecular formula is C6H13FN2O3. The van der Waals surface area contributed by atoms with E-state index in [4.69, 9.17) is 12.3 Å². The van der Waals surface area contributed by atoms with Gasteiger partial charge in [-0.2, -0.15) is 0 Å². The molecule has 0 radical (unpaired) electrons. The maximum absolute atomic E-state index is 12.5. The summed E-state index contributed by atoms with van der Waals surface area (Å²) in [5, 5.41) is 11.4. The molecule has 0 saturated carbocycles. The zero-order chi connectivity index (χ0) is 10.3. The minimum atomic E-state index is -1.43. The van der Waals surface area contributed by atoms with Crippen LogP contribution in [0.2, 0.25) is 1.43 Å². The van der Waals surface area contributed by atoms with E-state index in [-0.39, 0.29) is 6.42 Å². The van der Waals surface area contributed by atoms with Crippen LogP contribution < -0.4 is 5.73 Å². The number of aliphatic carboxylic acids is 1. The Balaban J connectivity index is 3.88. The summed E-state index contributed by atoms with van der Waals surface area (Å²) < 4.78 is 18.7. The minimum Gasteiger partial charge on any atom is -0.480 e. The van der Waals surface area contributed by atoms with Gasteiger partial charge in [-0.1, -0.05) is 0 Å². The number of halogens is 1. The summed E-state index contributed by atoms with van der Waals surface area (Å²) in [6, 6.07) is -1.43. The van der Waals surface area contributed by atoms with Gasteiger partial charge < -0.3 is 10.8 Å². The van der Waals surface area contributed by atoms with Crippen LogP contribution in [0.3, 0.4) is 0 Å². The van der Waals surface area contributed by atoms with Crippen molar-refractivity contribution in [2.24, 2.45) is 5.73 Å². The Morgan fingerprint density at radius 1 is 1.75 bits per heavy atom. The molecule has 0 amide bonds. The van der Waals surface area contributed by atoms with Crippen molar-refractivity contribution in [3.63, 3.8) is 0 Å². The largest absolute Gasteiger partial charge is 0.480 e. The highest BCUT2D eigenvalue weighted by Crippen LogP contribution is 2.06. The van der Waals surface area contributed by atoms with Crippen molar-refractivity contribution in [2.75, 3.05) is 6.54 Å². The monoisotopic (exact) mass is 181 g/mol. The summed E-state index contributed by atoms with van der Waals surface area (Å²) >= 11 is 0. The average molecular weight is 181 g/mol. The molecular weight excluding hydrogens is 167 g/mol. The number of hydrogen-bond donors (Lipinski definition) is 3. The number of unbranched alkanes of at least 4 members (excludes halogenated alkanes) is 1. The Hall–Kier alpha value is -0.720. The number of carbonyl (C=O) groups is 1. The maximum Gasteiger partial charge on any atom is 0.326 e. The number of nitrogens with two attached hydrogens (primary N) is 1. The standard InChI is InChI=1S/C6H13FN2O3/c7-9(12)5(6(10)11)3-1-2-4-8/h5,12H,1-4,8H2,(H,10,11)/t5-/m0/s1/i12D. The molecule has 0 rings (SSSR count). The fourth-order valence-corrected chi connectivity index (χ4v) is 0.794. The smallest absolute Gasteiger partial charge is 0.326 e. The van der Waals surface area contributed by atoms with Crippen LogP contribution in [-0.4, -0.2) is 34.2 Å². The Bertz CT molecular complexity index is 161. The van der Waals surface area contributed by atoms with Crippen LogP contribution >= 0.6 is 0 Å². The van der Waals surface area contributed by atoms with E-state index in [0.29, 0.717) is 19.4 Å². The van der Waals surface area contributed by atoms with E-state index < -0.39 is 17.3 Å². The quantitative estimate of drug-likeness (QED) is 0.295. The van der Waals surface area contributed by atoms with Crippen LogP contribution in [0.25, 0.3) is 0 Å². The number of carboxylic acids is 1. The highest BCUT2D eigenvalue weighted by Gasteiger charge is 2.23. The van der Waals surface area contributed by atoms with Gasteiger partial charge in [0.05, 0.1) is 0 Å². The number of nitrogens with zero attached hydrogens (tertiary/aromatic N) is 1. The first-order valence-electron chi connectivity index (χ1n) is 4.05. The van der Waals surface area contributed by atoms with Crippen molar-refractivity contribution >= 4 is 5.97 Å². The number of hydrogen-bond acceptors (Lipinski definition) is 4. The fraction of sp³-hybridized carbons (Fsp3) is 0.833. The lowest BCUT2D eigenvalue weighted by Crippen LogP contribution is -2.33. The highest BCUT2D eigenvalue weighted by atomic mass is 19.2. The minimum absolute atomic E-state index is 0.0713. The second-order valence-corrected chi connectivity index (χ2v) is 2.41. The van der Waals surface area contributed by atoms with Gasteiger partial charge >= 0.3 is 5.97 Å². The molecule has 5 nitrogen and oxygen atoms in total. The van der Waals surface area contributed by atoms with Gasteiger partial charge in [0.2, 0.25) is 1.43 Å². The first-order valence-corrected chi connectivity index (χ1v) is 3.64. The molecule has 0 aromatic rings. The van der Waals surface area contributed by atoms with Crippen LogP contribution in [0.5, 0.6) is 0 Å². The van der Waals surface area contributed by atoms with Crippen LogP contribution in [0.4, 0.5) is 4.48 Å². The van der Waals surface area contributed by atoms with Crippen molar-refractivity contribution in [3.05, 3.63) is 0 Å². The lowest BCUT2D eigenvalue weighted by molar-refractivity contribution is -0.265. The predicted molar refractivity (Wildman–Crippen MR) is 39.1 cm³/mol. The Morgan fingerprint density at radius 2 is 2.42 bits per heavy atom. The van der Waals surface area contributed by atoms with E-state index >= 15 is 0 Å². The molecule has 0 spiro atoms. The summed E-state index contributed by atoms with van der Waals surface area (Å²) in [6.07, 6.45) is 1.18. The van der Waals surface area contributed by atoms with Crippen LogP contribution in [0.1, 0.15) is 19.3 Å². The molecule has 0 heterocycles. The summed E-state index contributed by atoms with van der Waals surface area (Å²) in [7, 11) is 0. The lowest BCUT2D eigenvalue weighted by atomic mass is 10.1. The molecule has 4 N–H and O–H groups in total. The van der Waals surface area contributed by atoms with Gasteiger partial charge in [0.1, 0.15) is 0 Å². The zero-order valence-corrected chi connectivity index (χ0v) is 6.57. The molecule has 0 aliphatic heterocycles. The summed E-state index contributed by atoms with van der Waals surface area (Å²) in [4.78, 5) is 10.4. The van der Waals surface area contributed by atoms with E-state index in [0.717, 1.165) is 0 Å². The van der Waals surface area contributed by atoms with Crippen molar-refractivity contribution < 1.29 is 21.0 Å². The van der Waals surface area contributed by atoms with Gasteiger partial charge in [0.15, 0.2) is 6.04 Å². The third-order valence-corrected chi connectivity index (χ3v) is 1.46. The summed E-state index contributed by atoms with van der Waals surface area (Å²) in [5.74, 6) is -1.35. The second-order valence-electron chi connectivity index (χ2n) is 2.41. The molecule has 0 aliphatic carbocycles. The molecule has 6 heteroatoms. The zero-order valence-electron chi connectivity index (χ0n) is 7.57. The molecule has 0 aliphatic rings. The van der Waals surface area contributed by atoms with Gasteiger partial charge in [-0.05, 0) is 31.1 Å². The number of hydroxylamine groups is 1. The highest BCUT2D eigenvalue weighted by molar-refractivity contribution is 5.72. The van der Waals surface area contributed by atoms with Crippen LogP contribution in [-0.2, 0) is 4.79 Å². The number of rotatable bonds is 7. The third kappa shape index (κ3) is 4.22. The average Bonchev–Trinajstić information content (AvgIpc) is 2.11. The SMILES string of the molecule is [2H]ON(F)[C@@H](CCCCN)C(=O)O. The molecule has 0 aromatic carbocycles. The summed E-state index contributed by atoms with van der Waals surface area (Å²) in [6.45, 7) is 0.431. The molecule has 0 bridgehead atoms. The second kappa shape index (κ2) is 5.87. The van der Waals surface area contributed by atoms with Gasteiger partial charge in [-0.3, -0.25) is 10.0 Å². The summed E-state index contributed by atoms with van der Waals surface area (Å²) in [5.41, 5.74) is 5.18. The predicted octanol–water partition coefficient (Wildman–Crippen LogP) is 0.144. The molecule has 12 heavy (non-hydrogen) atoms. The molecule has 0 aromatic heterocycles. The van der Waals surface area contributed by atoms with Crippen molar-refractivity contribution in [3.8, 4) is 0 Å². The van der Waals surface area contributed by atoms with E-state index in [2.05, 4.69) is 5.21 Å². The van der Waals surface area contributed by atoms with Crippen molar-refractivity contribution in [1.82, 2.24) is 5.29 Å². The lowest BCUT2D eigenvalue weighted by Gasteiger charge is -2.12. The molecule has 72 valence electrons. The van der Waals surface area contributed by atoms with Gasteiger partial charge in [-0.15, -0.1) is 4.48 Å². The first-order chi connectivity index (χ1) is 6.13. The topological polar surface area (TPSA) is 86.8 Å². The normalized spacial score (nSPS) is 14.4.